The van der Waals surface area contributed by atoms with Crippen LogP contribution in [0.5, 0.6) is 0 Å². The van der Waals surface area contributed by atoms with Crippen molar-refractivity contribution in [3.8, 4) is 0 Å². The van der Waals surface area contributed by atoms with Gasteiger partial charge in [-0.2, -0.15) is 0 Å². The number of likely N-dealkylation sites (N-methyl/N-ethyl adjacent to an activating group) is 1. The van der Waals surface area contributed by atoms with Crippen LogP contribution >= 0.6 is 0 Å². The first-order chi connectivity index (χ1) is 10.2. The maximum atomic E-state index is 12.0. The maximum absolute atomic E-state index is 12.0. The van der Waals surface area contributed by atoms with Gasteiger partial charge in [-0.15, -0.1) is 0 Å². The van der Waals surface area contributed by atoms with Crippen LogP contribution in [0.1, 0.15) is 11.3 Å². The molecule has 1 amide bonds. The van der Waals surface area contributed by atoms with Gasteiger partial charge in [-0.05, 0) is 24.7 Å². The normalized spacial score (nSPS) is 18.2. The van der Waals surface area contributed by atoms with E-state index in [0.29, 0.717) is 19.0 Å². The zero-order chi connectivity index (χ0) is 14.7. The van der Waals surface area contributed by atoms with Gasteiger partial charge >= 0.3 is 0 Å². The minimum absolute atomic E-state index is 0.0907. The third-order valence-electron chi connectivity index (χ3n) is 4.11. The van der Waals surface area contributed by atoms with Crippen LogP contribution in [-0.4, -0.2) is 35.0 Å². The molecule has 1 aliphatic heterocycles. The van der Waals surface area contributed by atoms with E-state index in [2.05, 4.69) is 40.2 Å². The van der Waals surface area contributed by atoms with Gasteiger partial charge in [0.15, 0.2) is 0 Å². The third-order valence-corrected chi connectivity index (χ3v) is 4.11. The molecule has 0 bridgehead atoms. The number of hydrogen-bond donors (Lipinski definition) is 1. The molecular formula is C17H21N3O. The van der Waals surface area contributed by atoms with E-state index in [4.69, 9.17) is 0 Å². The summed E-state index contributed by atoms with van der Waals surface area (Å²) >= 11 is 0. The van der Waals surface area contributed by atoms with Gasteiger partial charge in [0.2, 0.25) is 5.91 Å². The number of rotatable bonds is 4. The monoisotopic (exact) mass is 283 g/mol. The van der Waals surface area contributed by atoms with Crippen molar-refractivity contribution in [2.24, 2.45) is 0 Å². The van der Waals surface area contributed by atoms with Crippen molar-refractivity contribution in [1.29, 1.82) is 0 Å². The van der Waals surface area contributed by atoms with Crippen LogP contribution in [0.15, 0.2) is 48.7 Å². The second-order valence-corrected chi connectivity index (χ2v) is 5.69. The van der Waals surface area contributed by atoms with Crippen molar-refractivity contribution < 1.29 is 4.79 Å². The third kappa shape index (κ3) is 3.34. The lowest BCUT2D eigenvalue weighted by atomic mass is 10.1. The van der Waals surface area contributed by atoms with Crippen molar-refractivity contribution in [2.75, 3.05) is 13.6 Å². The predicted octanol–water partition coefficient (Wildman–Crippen LogP) is 1.66. The summed E-state index contributed by atoms with van der Waals surface area (Å²) in [5.74, 6) is 0.0907. The molecule has 110 valence electrons. The first-order valence-corrected chi connectivity index (χ1v) is 7.37. The molecule has 4 heteroatoms. The molecule has 0 saturated carbocycles. The van der Waals surface area contributed by atoms with Gasteiger partial charge in [-0.1, -0.05) is 30.3 Å². The topological polar surface area (TPSA) is 37.3 Å². The Balaban J connectivity index is 1.52. The molecule has 1 aliphatic rings. The Morgan fingerprint density at radius 3 is 2.86 bits per heavy atom. The fraction of sp³-hybridized carbons (Fsp3) is 0.353. The van der Waals surface area contributed by atoms with Gasteiger partial charge in [-0.3, -0.25) is 9.69 Å². The summed E-state index contributed by atoms with van der Waals surface area (Å²) in [6, 6.07) is 14.4. The molecule has 0 fully saturated rings. The molecule has 3 rings (SSSR count). The quantitative estimate of drug-likeness (QED) is 0.926. The van der Waals surface area contributed by atoms with Gasteiger partial charge in [0.25, 0.3) is 0 Å². The Bertz CT molecular complexity index is 606. The highest BCUT2D eigenvalue weighted by Crippen LogP contribution is 2.15. The number of aromatic nitrogens is 1. The smallest absolute Gasteiger partial charge is 0.224 e. The summed E-state index contributed by atoms with van der Waals surface area (Å²) in [6.45, 7) is 2.57. The van der Waals surface area contributed by atoms with Crippen molar-refractivity contribution in [2.45, 2.75) is 25.6 Å². The van der Waals surface area contributed by atoms with Crippen molar-refractivity contribution in [3.05, 3.63) is 59.9 Å². The highest BCUT2D eigenvalue weighted by molar-refractivity contribution is 5.78. The predicted molar refractivity (Wildman–Crippen MR) is 82.8 cm³/mol. The second-order valence-electron chi connectivity index (χ2n) is 5.69. The van der Waals surface area contributed by atoms with E-state index in [1.54, 1.807) is 0 Å². The van der Waals surface area contributed by atoms with Crippen LogP contribution in [-0.2, 0) is 24.3 Å². The Hall–Kier alpha value is -2.07. The van der Waals surface area contributed by atoms with Crippen molar-refractivity contribution in [1.82, 2.24) is 14.8 Å². The molecule has 0 spiro atoms. The molecule has 0 saturated heterocycles. The first kappa shape index (κ1) is 13.9. The largest absolute Gasteiger partial charge is 0.354 e. The lowest BCUT2D eigenvalue weighted by Gasteiger charge is -2.34. The maximum Gasteiger partial charge on any atom is 0.224 e. The van der Waals surface area contributed by atoms with E-state index in [9.17, 15) is 4.79 Å². The van der Waals surface area contributed by atoms with Crippen LogP contribution in [0.25, 0.3) is 0 Å². The van der Waals surface area contributed by atoms with Crippen LogP contribution in [0.4, 0.5) is 0 Å². The molecule has 1 N–H and O–H groups in total. The lowest BCUT2D eigenvalue weighted by Crippen LogP contribution is -2.47. The molecule has 2 heterocycles. The zero-order valence-corrected chi connectivity index (χ0v) is 12.3. The second kappa shape index (κ2) is 6.14. The van der Waals surface area contributed by atoms with E-state index in [-0.39, 0.29) is 5.91 Å². The minimum atomic E-state index is 0.0907. The van der Waals surface area contributed by atoms with Gasteiger partial charge < -0.3 is 9.88 Å². The number of nitrogens with zero attached hydrogens (tertiary/aromatic N) is 2. The van der Waals surface area contributed by atoms with Gasteiger partial charge in [0.05, 0.1) is 6.42 Å². The fourth-order valence-electron chi connectivity index (χ4n) is 2.82. The van der Waals surface area contributed by atoms with Gasteiger partial charge in [-0.25, -0.2) is 0 Å². The van der Waals surface area contributed by atoms with E-state index in [1.165, 1.54) is 5.69 Å². The summed E-state index contributed by atoms with van der Waals surface area (Å²) in [5, 5.41) is 3.06. The zero-order valence-electron chi connectivity index (χ0n) is 12.3. The lowest BCUT2D eigenvalue weighted by molar-refractivity contribution is -0.120. The minimum Gasteiger partial charge on any atom is -0.354 e. The van der Waals surface area contributed by atoms with Crippen LogP contribution in [0.2, 0.25) is 0 Å². The van der Waals surface area contributed by atoms with Crippen LogP contribution < -0.4 is 5.32 Å². The molecule has 21 heavy (non-hydrogen) atoms. The highest BCUT2D eigenvalue weighted by Gasteiger charge is 2.22. The summed E-state index contributed by atoms with van der Waals surface area (Å²) in [4.78, 5) is 14.3. The van der Waals surface area contributed by atoms with Crippen LogP contribution in [0.3, 0.4) is 0 Å². The molecule has 1 atom stereocenters. The van der Waals surface area contributed by atoms with Gasteiger partial charge in [0.1, 0.15) is 0 Å². The molecule has 0 radical (unpaired) electrons. The summed E-state index contributed by atoms with van der Waals surface area (Å²) in [5.41, 5.74) is 2.39. The number of amides is 1. The number of fused-ring (bicyclic) bond motifs is 1. The summed E-state index contributed by atoms with van der Waals surface area (Å²) < 4.78 is 2.27. The number of carbonyl (C=O) groups excluding carboxylic acids is 1. The number of nitrogens with one attached hydrogen (secondary N) is 1. The molecule has 1 aromatic heterocycles. The molecule has 0 aliphatic carbocycles. The van der Waals surface area contributed by atoms with Crippen molar-refractivity contribution in [3.63, 3.8) is 0 Å². The van der Waals surface area contributed by atoms with Crippen LogP contribution in [0, 0.1) is 0 Å². The first-order valence-electron chi connectivity index (χ1n) is 7.37. The Kier molecular flexibility index (Phi) is 4.06. The SMILES string of the molecule is CN1Cc2cccn2CC1CNC(=O)Cc1ccccc1. The summed E-state index contributed by atoms with van der Waals surface area (Å²) in [6.07, 6.45) is 2.56. The van der Waals surface area contributed by atoms with E-state index in [0.717, 1.165) is 18.7 Å². The average Bonchev–Trinajstić information content (AvgIpc) is 2.93. The Morgan fingerprint density at radius 1 is 1.24 bits per heavy atom. The molecule has 2 aromatic rings. The highest BCUT2D eigenvalue weighted by atomic mass is 16.1. The number of benzene rings is 1. The molecule has 1 aromatic carbocycles. The van der Waals surface area contributed by atoms with E-state index in [1.807, 2.05) is 30.3 Å². The summed E-state index contributed by atoms with van der Waals surface area (Å²) in [7, 11) is 2.12. The van der Waals surface area contributed by atoms with Crippen molar-refractivity contribution >= 4 is 5.91 Å². The Labute approximate surface area is 125 Å². The van der Waals surface area contributed by atoms with E-state index < -0.39 is 0 Å². The fourth-order valence-corrected chi connectivity index (χ4v) is 2.82. The van der Waals surface area contributed by atoms with Gasteiger partial charge in [0, 0.05) is 37.6 Å². The number of hydrogen-bond acceptors (Lipinski definition) is 2. The standard InChI is InChI=1S/C17H21N3O/c1-19-12-15-8-5-9-20(15)13-16(19)11-18-17(21)10-14-6-3-2-4-7-14/h2-9,16H,10-13H2,1H3,(H,18,21). The van der Waals surface area contributed by atoms with E-state index >= 15 is 0 Å². The number of carbonyl (C=O) groups is 1. The molecular weight excluding hydrogens is 262 g/mol. The Morgan fingerprint density at radius 2 is 2.05 bits per heavy atom. The average molecular weight is 283 g/mol. The molecule has 4 nitrogen and oxygen atoms in total. The molecule has 1 unspecified atom stereocenters.